The number of hydrogen-bond acceptors (Lipinski definition) is 5. The van der Waals surface area contributed by atoms with E-state index in [0.717, 1.165) is 48.1 Å². The van der Waals surface area contributed by atoms with Crippen molar-refractivity contribution in [1.29, 1.82) is 0 Å². The van der Waals surface area contributed by atoms with Gasteiger partial charge in [-0.05, 0) is 13.3 Å². The van der Waals surface area contributed by atoms with Gasteiger partial charge in [-0.25, -0.2) is 4.98 Å². The van der Waals surface area contributed by atoms with Crippen molar-refractivity contribution in [1.82, 2.24) is 20.1 Å². The van der Waals surface area contributed by atoms with Gasteiger partial charge >= 0.3 is 0 Å². The van der Waals surface area contributed by atoms with Crippen LogP contribution in [0.2, 0.25) is 0 Å². The van der Waals surface area contributed by atoms with Crippen molar-refractivity contribution in [3.63, 3.8) is 0 Å². The molecular formula is C18H30N4O2S. The highest BCUT2D eigenvalue weighted by Crippen LogP contribution is 2.26. The number of hydrogen-bond donors (Lipinski definition) is 1. The lowest BCUT2D eigenvalue weighted by atomic mass is 10.2. The highest BCUT2D eigenvalue weighted by molar-refractivity contribution is 7.13. The number of aromatic nitrogens is 1. The van der Waals surface area contributed by atoms with Crippen LogP contribution in [0.5, 0.6) is 0 Å². The summed E-state index contributed by atoms with van der Waals surface area (Å²) in [5, 5.41) is 3.96. The number of nitrogens with zero attached hydrogens (tertiary/aromatic N) is 3. The van der Waals surface area contributed by atoms with E-state index in [1.54, 1.807) is 0 Å². The van der Waals surface area contributed by atoms with Crippen molar-refractivity contribution in [2.24, 2.45) is 0 Å². The molecular weight excluding hydrogens is 336 g/mol. The SMILES string of the molecule is CCCCNC(=O)CN1CCN(C(=O)c2sc(C(C)C)nc2C)CC1. The predicted octanol–water partition coefficient (Wildman–Crippen LogP) is 2.25. The summed E-state index contributed by atoms with van der Waals surface area (Å²) in [6.07, 6.45) is 2.09. The van der Waals surface area contributed by atoms with Gasteiger partial charge < -0.3 is 10.2 Å². The summed E-state index contributed by atoms with van der Waals surface area (Å²) in [4.78, 5) is 33.9. The summed E-state index contributed by atoms with van der Waals surface area (Å²) >= 11 is 1.51. The van der Waals surface area contributed by atoms with E-state index >= 15 is 0 Å². The first kappa shape index (κ1) is 19.8. The molecule has 0 saturated carbocycles. The van der Waals surface area contributed by atoms with E-state index in [9.17, 15) is 9.59 Å². The molecule has 1 aromatic rings. The van der Waals surface area contributed by atoms with Gasteiger partial charge in [0, 0.05) is 38.6 Å². The topological polar surface area (TPSA) is 65.5 Å². The lowest BCUT2D eigenvalue weighted by Gasteiger charge is -2.34. The molecule has 0 aliphatic carbocycles. The van der Waals surface area contributed by atoms with Crippen molar-refractivity contribution in [3.05, 3.63) is 15.6 Å². The van der Waals surface area contributed by atoms with Crippen LogP contribution in [-0.2, 0) is 4.79 Å². The van der Waals surface area contributed by atoms with E-state index in [-0.39, 0.29) is 11.8 Å². The number of piperazine rings is 1. The largest absolute Gasteiger partial charge is 0.355 e. The third-order valence-corrected chi connectivity index (χ3v) is 5.83. The Bertz CT molecular complexity index is 592. The monoisotopic (exact) mass is 366 g/mol. The summed E-state index contributed by atoms with van der Waals surface area (Å²) < 4.78 is 0. The van der Waals surface area contributed by atoms with Crippen LogP contribution in [0.25, 0.3) is 0 Å². The average Bonchev–Trinajstić information content (AvgIpc) is 2.97. The lowest BCUT2D eigenvalue weighted by molar-refractivity contribution is -0.122. The molecule has 0 spiro atoms. The number of unbranched alkanes of at least 4 members (excludes halogenated alkanes) is 1. The fourth-order valence-corrected chi connectivity index (χ4v) is 3.82. The third kappa shape index (κ3) is 5.51. The predicted molar refractivity (Wildman–Crippen MR) is 101 cm³/mol. The minimum absolute atomic E-state index is 0.0769. The molecule has 0 bridgehead atoms. The molecule has 0 unspecified atom stereocenters. The summed E-state index contributed by atoms with van der Waals surface area (Å²) in [6, 6.07) is 0. The van der Waals surface area contributed by atoms with Gasteiger partial charge in [0.05, 0.1) is 17.2 Å². The molecule has 7 heteroatoms. The highest BCUT2D eigenvalue weighted by Gasteiger charge is 2.26. The van der Waals surface area contributed by atoms with Crippen LogP contribution in [0.4, 0.5) is 0 Å². The maximum absolute atomic E-state index is 12.8. The van der Waals surface area contributed by atoms with Crippen molar-refractivity contribution < 1.29 is 9.59 Å². The van der Waals surface area contributed by atoms with E-state index in [1.165, 1.54) is 11.3 Å². The quantitative estimate of drug-likeness (QED) is 0.752. The molecule has 1 N–H and O–H groups in total. The van der Waals surface area contributed by atoms with Crippen molar-refractivity contribution in [2.45, 2.75) is 46.5 Å². The number of carbonyl (C=O) groups is 2. The number of carbonyl (C=O) groups excluding carboxylic acids is 2. The molecule has 25 heavy (non-hydrogen) atoms. The van der Waals surface area contributed by atoms with Gasteiger partial charge in [-0.2, -0.15) is 0 Å². The highest BCUT2D eigenvalue weighted by atomic mass is 32.1. The van der Waals surface area contributed by atoms with E-state index in [4.69, 9.17) is 0 Å². The number of thiazole rings is 1. The molecule has 0 atom stereocenters. The molecule has 0 aromatic carbocycles. The number of nitrogens with one attached hydrogen (secondary N) is 1. The van der Waals surface area contributed by atoms with Gasteiger partial charge in [-0.3, -0.25) is 14.5 Å². The van der Waals surface area contributed by atoms with Crippen molar-refractivity contribution >= 4 is 23.2 Å². The van der Waals surface area contributed by atoms with Crippen LogP contribution >= 0.6 is 11.3 Å². The fraction of sp³-hybridized carbons (Fsp3) is 0.722. The van der Waals surface area contributed by atoms with Crippen LogP contribution in [-0.4, -0.2) is 65.9 Å². The first-order valence-corrected chi connectivity index (χ1v) is 9.99. The van der Waals surface area contributed by atoms with Gasteiger partial charge in [0.15, 0.2) is 0 Å². The van der Waals surface area contributed by atoms with Gasteiger partial charge in [-0.15, -0.1) is 11.3 Å². The van der Waals surface area contributed by atoms with Gasteiger partial charge in [0.1, 0.15) is 4.88 Å². The van der Waals surface area contributed by atoms with E-state index < -0.39 is 0 Å². The molecule has 2 heterocycles. The summed E-state index contributed by atoms with van der Waals surface area (Å²) in [5.74, 6) is 0.496. The van der Waals surface area contributed by atoms with Crippen LogP contribution in [0, 0.1) is 6.92 Å². The standard InChI is InChI=1S/C18H30N4O2S/c1-5-6-7-19-15(23)12-21-8-10-22(11-9-21)18(24)16-14(4)20-17(25-16)13(2)3/h13H,5-12H2,1-4H3,(H,19,23). The van der Waals surface area contributed by atoms with Crippen LogP contribution < -0.4 is 5.32 Å². The van der Waals surface area contributed by atoms with Gasteiger partial charge in [-0.1, -0.05) is 27.2 Å². The Morgan fingerprint density at radius 1 is 1.24 bits per heavy atom. The van der Waals surface area contributed by atoms with E-state index in [2.05, 4.69) is 36.0 Å². The number of rotatable bonds is 7. The van der Waals surface area contributed by atoms with Crippen LogP contribution in [0.1, 0.15) is 59.9 Å². The second-order valence-corrected chi connectivity index (χ2v) is 7.92. The zero-order chi connectivity index (χ0) is 18.4. The Balaban J connectivity index is 1.83. The molecule has 140 valence electrons. The molecule has 2 rings (SSSR count). The molecule has 1 saturated heterocycles. The molecule has 2 amide bonds. The van der Waals surface area contributed by atoms with Crippen molar-refractivity contribution in [2.75, 3.05) is 39.3 Å². The third-order valence-electron chi connectivity index (χ3n) is 4.38. The zero-order valence-corrected chi connectivity index (χ0v) is 16.6. The first-order chi connectivity index (χ1) is 11.9. The number of amides is 2. The second kappa shape index (κ2) is 9.29. The number of aryl methyl sites for hydroxylation is 1. The first-order valence-electron chi connectivity index (χ1n) is 9.18. The maximum atomic E-state index is 12.8. The molecule has 0 radical (unpaired) electrons. The summed E-state index contributed by atoms with van der Waals surface area (Å²) in [6.45, 7) is 12.2. The Labute approximate surface area is 154 Å². The summed E-state index contributed by atoms with van der Waals surface area (Å²) in [7, 11) is 0. The van der Waals surface area contributed by atoms with E-state index in [1.807, 2.05) is 11.8 Å². The molecule has 1 fully saturated rings. The molecule has 1 aromatic heterocycles. The maximum Gasteiger partial charge on any atom is 0.265 e. The Kier molecular flexibility index (Phi) is 7.38. The Morgan fingerprint density at radius 2 is 1.92 bits per heavy atom. The van der Waals surface area contributed by atoms with Crippen LogP contribution in [0.15, 0.2) is 0 Å². The fourth-order valence-electron chi connectivity index (χ4n) is 2.78. The normalized spacial score (nSPS) is 15.6. The lowest BCUT2D eigenvalue weighted by Crippen LogP contribution is -2.51. The minimum Gasteiger partial charge on any atom is -0.355 e. The van der Waals surface area contributed by atoms with Gasteiger partial charge in [0.2, 0.25) is 5.91 Å². The molecule has 6 nitrogen and oxygen atoms in total. The van der Waals surface area contributed by atoms with Gasteiger partial charge in [0.25, 0.3) is 5.91 Å². The zero-order valence-electron chi connectivity index (χ0n) is 15.8. The Hall–Kier alpha value is -1.47. The smallest absolute Gasteiger partial charge is 0.265 e. The van der Waals surface area contributed by atoms with E-state index in [0.29, 0.717) is 25.6 Å². The van der Waals surface area contributed by atoms with Crippen LogP contribution in [0.3, 0.4) is 0 Å². The summed E-state index contributed by atoms with van der Waals surface area (Å²) in [5.41, 5.74) is 0.830. The Morgan fingerprint density at radius 3 is 2.48 bits per heavy atom. The minimum atomic E-state index is 0.0769. The molecule has 1 aliphatic heterocycles. The van der Waals surface area contributed by atoms with Crippen molar-refractivity contribution in [3.8, 4) is 0 Å². The second-order valence-electron chi connectivity index (χ2n) is 6.89. The average molecular weight is 367 g/mol. The molecule has 1 aliphatic rings.